The first-order valence-electron chi connectivity index (χ1n) is 12.9. The van der Waals surface area contributed by atoms with Crippen molar-refractivity contribution in [3.05, 3.63) is 0 Å². The highest BCUT2D eigenvalue weighted by Crippen LogP contribution is 2.67. The zero-order chi connectivity index (χ0) is 21.0. The molecule has 0 amide bonds. The summed E-state index contributed by atoms with van der Waals surface area (Å²) in [7, 11) is 0. The maximum Gasteiger partial charge on any atom is 0.136 e. The highest BCUT2D eigenvalue weighted by atomic mass is 16.3. The Bertz CT molecular complexity index is 612. The van der Waals surface area contributed by atoms with E-state index in [1.165, 1.54) is 44.9 Å². The van der Waals surface area contributed by atoms with Crippen LogP contribution in [0.5, 0.6) is 0 Å². The number of rotatable bonds is 5. The predicted molar refractivity (Wildman–Crippen MR) is 119 cm³/mol. The Morgan fingerprint density at radius 3 is 2.38 bits per heavy atom. The van der Waals surface area contributed by atoms with Gasteiger partial charge >= 0.3 is 0 Å². The molecule has 29 heavy (non-hydrogen) atoms. The molecule has 0 aliphatic heterocycles. The van der Waals surface area contributed by atoms with Crippen molar-refractivity contribution in [3.63, 3.8) is 0 Å². The molecular formula is C27H46O2. The average molecular weight is 403 g/mol. The molecule has 4 aliphatic rings. The van der Waals surface area contributed by atoms with Crippen molar-refractivity contribution < 1.29 is 9.90 Å². The fourth-order valence-electron chi connectivity index (χ4n) is 9.04. The van der Waals surface area contributed by atoms with E-state index in [9.17, 15) is 9.90 Å². The fourth-order valence-corrected chi connectivity index (χ4v) is 9.04. The summed E-state index contributed by atoms with van der Waals surface area (Å²) >= 11 is 0. The van der Waals surface area contributed by atoms with Gasteiger partial charge in [0.15, 0.2) is 0 Å². The van der Waals surface area contributed by atoms with Gasteiger partial charge in [-0.3, -0.25) is 4.79 Å². The molecule has 0 radical (unpaired) electrons. The van der Waals surface area contributed by atoms with Gasteiger partial charge in [-0.1, -0.05) is 53.9 Å². The van der Waals surface area contributed by atoms with Crippen molar-refractivity contribution in [2.75, 3.05) is 0 Å². The van der Waals surface area contributed by atoms with Gasteiger partial charge in [0.25, 0.3) is 0 Å². The second-order valence-corrected chi connectivity index (χ2v) is 12.6. The third kappa shape index (κ3) is 3.64. The number of aliphatic hydroxyl groups is 1. The molecule has 4 saturated carbocycles. The molecule has 4 aliphatic carbocycles. The SMILES string of the molecule is CC(C)CCC[C@H](C)[C@@H]1CC[C@H]2[C@H]3CC(=O)[C@H]4C[C@@H](O)CC[C@]4(C)[C@@H]3CC[C@@]21C. The summed E-state index contributed by atoms with van der Waals surface area (Å²) in [6.07, 6.45) is 12.8. The molecule has 1 N–H and O–H groups in total. The molecule has 166 valence electrons. The van der Waals surface area contributed by atoms with E-state index in [1.807, 2.05) is 0 Å². The van der Waals surface area contributed by atoms with Gasteiger partial charge in [-0.05, 0) is 91.3 Å². The lowest BCUT2D eigenvalue weighted by molar-refractivity contribution is -0.160. The Morgan fingerprint density at radius 1 is 0.966 bits per heavy atom. The third-order valence-electron chi connectivity index (χ3n) is 10.6. The van der Waals surface area contributed by atoms with E-state index in [4.69, 9.17) is 0 Å². The predicted octanol–water partition coefficient (Wildman–Crippen LogP) is 6.65. The van der Waals surface area contributed by atoms with Gasteiger partial charge in [0.2, 0.25) is 0 Å². The molecule has 0 saturated heterocycles. The summed E-state index contributed by atoms with van der Waals surface area (Å²) in [6, 6.07) is 0. The minimum Gasteiger partial charge on any atom is -0.393 e. The maximum atomic E-state index is 13.2. The van der Waals surface area contributed by atoms with Crippen molar-refractivity contribution in [2.45, 2.75) is 111 Å². The monoisotopic (exact) mass is 402 g/mol. The van der Waals surface area contributed by atoms with E-state index in [0.717, 1.165) is 49.4 Å². The molecule has 0 spiro atoms. The van der Waals surface area contributed by atoms with Crippen LogP contribution < -0.4 is 0 Å². The quantitative estimate of drug-likeness (QED) is 0.559. The molecule has 4 rings (SSSR count). The highest BCUT2D eigenvalue weighted by Gasteiger charge is 2.62. The molecule has 0 aromatic rings. The zero-order valence-electron chi connectivity index (χ0n) is 19.8. The Morgan fingerprint density at radius 2 is 1.66 bits per heavy atom. The first-order chi connectivity index (χ1) is 13.7. The Hall–Kier alpha value is -0.370. The van der Waals surface area contributed by atoms with Gasteiger partial charge in [-0.25, -0.2) is 0 Å². The van der Waals surface area contributed by atoms with Gasteiger partial charge in [0.05, 0.1) is 6.10 Å². The van der Waals surface area contributed by atoms with E-state index in [0.29, 0.717) is 23.0 Å². The van der Waals surface area contributed by atoms with Crippen molar-refractivity contribution in [1.82, 2.24) is 0 Å². The second kappa shape index (κ2) is 7.95. The van der Waals surface area contributed by atoms with E-state index >= 15 is 0 Å². The number of fused-ring (bicyclic) bond motifs is 5. The summed E-state index contributed by atoms with van der Waals surface area (Å²) in [5, 5.41) is 10.2. The Labute approximate surface area is 179 Å². The van der Waals surface area contributed by atoms with Crippen LogP contribution in [0.4, 0.5) is 0 Å². The molecule has 2 heteroatoms. The topological polar surface area (TPSA) is 37.3 Å². The van der Waals surface area contributed by atoms with E-state index < -0.39 is 0 Å². The maximum absolute atomic E-state index is 13.2. The molecule has 9 atom stereocenters. The lowest BCUT2D eigenvalue weighted by Gasteiger charge is -2.60. The summed E-state index contributed by atoms with van der Waals surface area (Å²) in [5.41, 5.74) is 0.609. The molecule has 4 fully saturated rings. The van der Waals surface area contributed by atoms with Crippen LogP contribution in [-0.2, 0) is 4.79 Å². The van der Waals surface area contributed by atoms with Gasteiger partial charge < -0.3 is 5.11 Å². The Kier molecular flexibility index (Phi) is 5.99. The van der Waals surface area contributed by atoms with Crippen LogP contribution in [0.2, 0.25) is 0 Å². The molecule has 0 heterocycles. The van der Waals surface area contributed by atoms with Gasteiger partial charge in [0, 0.05) is 12.3 Å². The smallest absolute Gasteiger partial charge is 0.136 e. The zero-order valence-corrected chi connectivity index (χ0v) is 19.8. The van der Waals surface area contributed by atoms with Crippen molar-refractivity contribution in [2.24, 2.45) is 52.3 Å². The van der Waals surface area contributed by atoms with Crippen LogP contribution in [0.15, 0.2) is 0 Å². The fraction of sp³-hybridized carbons (Fsp3) is 0.963. The molecule has 2 nitrogen and oxygen atoms in total. The van der Waals surface area contributed by atoms with Crippen LogP contribution in [0, 0.1) is 52.3 Å². The van der Waals surface area contributed by atoms with E-state index in [2.05, 4.69) is 34.6 Å². The summed E-state index contributed by atoms with van der Waals surface area (Å²) in [6.45, 7) is 12.2. The lowest BCUT2D eigenvalue weighted by Crippen LogP contribution is -2.57. The van der Waals surface area contributed by atoms with Gasteiger partial charge in [0.1, 0.15) is 5.78 Å². The summed E-state index contributed by atoms with van der Waals surface area (Å²) in [4.78, 5) is 13.2. The van der Waals surface area contributed by atoms with Gasteiger partial charge in [-0.2, -0.15) is 0 Å². The Balaban J connectivity index is 1.50. The van der Waals surface area contributed by atoms with Crippen molar-refractivity contribution in [3.8, 4) is 0 Å². The molecule has 0 aromatic carbocycles. The van der Waals surface area contributed by atoms with Crippen LogP contribution in [0.1, 0.15) is 105 Å². The number of aliphatic hydroxyl groups excluding tert-OH is 1. The molecule has 0 aromatic heterocycles. The van der Waals surface area contributed by atoms with Crippen molar-refractivity contribution >= 4 is 5.78 Å². The molecule has 0 bridgehead atoms. The highest BCUT2D eigenvalue weighted by molar-refractivity contribution is 5.83. The van der Waals surface area contributed by atoms with Crippen LogP contribution in [0.3, 0.4) is 0 Å². The standard InChI is InChI=1S/C27H46O2/c1-17(2)7-6-8-18(3)21-9-10-22-20-16-25(29)24-15-19(28)11-13-27(24,5)23(20)12-14-26(21,22)4/h17-24,28H,6-16H2,1-5H3/t18-,19-,20+,21-,22-,23+,24+,26+,27+/m0/s1. The largest absolute Gasteiger partial charge is 0.393 e. The van der Waals surface area contributed by atoms with E-state index in [1.54, 1.807) is 0 Å². The van der Waals surface area contributed by atoms with Crippen LogP contribution >= 0.6 is 0 Å². The van der Waals surface area contributed by atoms with Crippen LogP contribution in [0.25, 0.3) is 0 Å². The van der Waals surface area contributed by atoms with Gasteiger partial charge in [-0.15, -0.1) is 0 Å². The van der Waals surface area contributed by atoms with Crippen molar-refractivity contribution in [1.29, 1.82) is 0 Å². The summed E-state index contributed by atoms with van der Waals surface area (Å²) in [5.74, 6) is 5.21. The summed E-state index contributed by atoms with van der Waals surface area (Å²) < 4.78 is 0. The first-order valence-corrected chi connectivity index (χ1v) is 12.9. The lowest BCUT2D eigenvalue weighted by atomic mass is 9.44. The second-order valence-electron chi connectivity index (χ2n) is 12.6. The normalized spacial score (nSPS) is 48.2. The number of carbonyl (C=O) groups excluding carboxylic acids is 1. The van der Waals surface area contributed by atoms with E-state index in [-0.39, 0.29) is 17.4 Å². The third-order valence-corrected chi connectivity index (χ3v) is 10.6. The number of hydrogen-bond donors (Lipinski definition) is 1. The number of Topliss-reactive ketones (excluding diaryl/α,β-unsaturated/α-hetero) is 1. The minimum atomic E-state index is -0.245. The number of hydrogen-bond acceptors (Lipinski definition) is 2. The molecular weight excluding hydrogens is 356 g/mol. The van der Waals surface area contributed by atoms with Crippen LogP contribution in [-0.4, -0.2) is 17.0 Å². The first kappa shape index (κ1) is 21.8. The minimum absolute atomic E-state index is 0.129. The number of carbonyl (C=O) groups is 1. The average Bonchev–Trinajstić information content (AvgIpc) is 3.00. The number of ketones is 1. The molecule has 0 unspecified atom stereocenters.